The molecule has 0 spiro atoms. The van der Waals surface area contributed by atoms with Crippen molar-refractivity contribution in [3.8, 4) is 17.5 Å². The number of aliphatic imine (C=N–C) groups is 1. The van der Waals surface area contributed by atoms with Crippen LogP contribution in [0.3, 0.4) is 0 Å². The lowest BCUT2D eigenvalue weighted by molar-refractivity contribution is 0.572. The maximum absolute atomic E-state index is 13.9. The lowest BCUT2D eigenvalue weighted by Gasteiger charge is -2.11. The number of aromatic nitrogens is 1. The molecule has 0 amide bonds. The molecule has 0 radical (unpaired) electrons. The summed E-state index contributed by atoms with van der Waals surface area (Å²) in [5.74, 6) is 0.665. The molecule has 142 valence electrons. The highest BCUT2D eigenvalue weighted by molar-refractivity contribution is 5.79. The van der Waals surface area contributed by atoms with Gasteiger partial charge in [0.15, 0.2) is 5.96 Å². The fourth-order valence-corrected chi connectivity index (χ4v) is 2.57. The molecule has 0 fully saturated rings. The van der Waals surface area contributed by atoms with Crippen molar-refractivity contribution in [2.45, 2.75) is 20.0 Å². The zero-order valence-electron chi connectivity index (χ0n) is 15.7. The highest BCUT2D eigenvalue weighted by Crippen LogP contribution is 2.19. The van der Waals surface area contributed by atoms with Crippen molar-refractivity contribution in [3.05, 3.63) is 76.9 Å². The molecule has 7 heteroatoms. The molecule has 3 aromatic rings. The quantitative estimate of drug-likeness (QED) is 0.525. The fraction of sp³-hybridized carbons (Fsp3) is 0.190. The van der Waals surface area contributed by atoms with Crippen LogP contribution in [0.2, 0.25) is 0 Å². The maximum Gasteiger partial charge on any atom is 0.226 e. The molecule has 0 aliphatic heterocycles. The second-order valence-corrected chi connectivity index (χ2v) is 6.21. The Balaban J connectivity index is 1.58. The molecule has 0 aliphatic rings. The largest absolute Gasteiger partial charge is 0.444 e. The van der Waals surface area contributed by atoms with Crippen LogP contribution in [0, 0.1) is 24.1 Å². The van der Waals surface area contributed by atoms with Crippen molar-refractivity contribution in [1.82, 2.24) is 15.6 Å². The Bertz CT molecular complexity index is 1020. The third kappa shape index (κ3) is 4.74. The van der Waals surface area contributed by atoms with Gasteiger partial charge >= 0.3 is 0 Å². The van der Waals surface area contributed by atoms with Gasteiger partial charge in [-0.2, -0.15) is 5.26 Å². The molecule has 0 saturated heterocycles. The summed E-state index contributed by atoms with van der Waals surface area (Å²) in [7, 11) is 1.62. The minimum absolute atomic E-state index is 0.203. The van der Waals surface area contributed by atoms with E-state index in [4.69, 9.17) is 9.68 Å². The van der Waals surface area contributed by atoms with Crippen molar-refractivity contribution in [3.63, 3.8) is 0 Å². The first-order chi connectivity index (χ1) is 13.6. The Morgan fingerprint density at radius 1 is 1.18 bits per heavy atom. The van der Waals surface area contributed by atoms with Crippen LogP contribution < -0.4 is 10.6 Å². The molecule has 0 saturated carbocycles. The minimum atomic E-state index is -0.374. The number of rotatable bonds is 5. The minimum Gasteiger partial charge on any atom is -0.444 e. The standard InChI is InChI=1S/C21H20FN5O/c1-14-3-6-16(7-4-14)20-27-18(13-28-20)12-26-21(24-2)25-11-17-9-15(10-23)5-8-19(17)22/h3-9,13H,11-12H2,1-2H3,(H2,24,25,26). The van der Waals surface area contributed by atoms with E-state index < -0.39 is 0 Å². The third-order valence-electron chi connectivity index (χ3n) is 4.13. The first-order valence-electron chi connectivity index (χ1n) is 8.73. The number of halogens is 1. The zero-order valence-corrected chi connectivity index (χ0v) is 15.7. The molecule has 0 atom stereocenters. The first-order valence-corrected chi connectivity index (χ1v) is 8.73. The van der Waals surface area contributed by atoms with Gasteiger partial charge in [-0.3, -0.25) is 4.99 Å². The monoisotopic (exact) mass is 377 g/mol. The lowest BCUT2D eigenvalue weighted by atomic mass is 10.1. The number of guanidine groups is 1. The summed E-state index contributed by atoms with van der Waals surface area (Å²) in [6.45, 7) is 2.62. The highest BCUT2D eigenvalue weighted by atomic mass is 19.1. The van der Waals surface area contributed by atoms with Crippen LogP contribution in [-0.2, 0) is 13.1 Å². The van der Waals surface area contributed by atoms with Crippen LogP contribution in [0.5, 0.6) is 0 Å². The van der Waals surface area contributed by atoms with E-state index in [-0.39, 0.29) is 12.4 Å². The van der Waals surface area contributed by atoms with Gasteiger partial charge in [0, 0.05) is 24.7 Å². The van der Waals surface area contributed by atoms with Gasteiger partial charge in [-0.05, 0) is 37.3 Å². The lowest BCUT2D eigenvalue weighted by Crippen LogP contribution is -2.36. The van der Waals surface area contributed by atoms with E-state index in [9.17, 15) is 4.39 Å². The average Bonchev–Trinajstić information content (AvgIpc) is 3.19. The van der Waals surface area contributed by atoms with Crippen LogP contribution in [0.15, 0.2) is 58.1 Å². The summed E-state index contributed by atoms with van der Waals surface area (Å²) >= 11 is 0. The maximum atomic E-state index is 13.9. The molecule has 28 heavy (non-hydrogen) atoms. The second kappa shape index (κ2) is 8.82. The summed E-state index contributed by atoms with van der Waals surface area (Å²) < 4.78 is 19.4. The van der Waals surface area contributed by atoms with Gasteiger partial charge in [0.2, 0.25) is 5.89 Å². The van der Waals surface area contributed by atoms with Crippen LogP contribution in [0.25, 0.3) is 11.5 Å². The number of nitrogens with one attached hydrogen (secondary N) is 2. The predicted molar refractivity (Wildman–Crippen MR) is 105 cm³/mol. The summed E-state index contributed by atoms with van der Waals surface area (Å²) in [5, 5.41) is 15.1. The van der Waals surface area contributed by atoms with Crippen LogP contribution in [0.1, 0.15) is 22.4 Å². The fourth-order valence-electron chi connectivity index (χ4n) is 2.57. The van der Waals surface area contributed by atoms with E-state index in [0.717, 1.165) is 11.3 Å². The molecular weight excluding hydrogens is 357 g/mol. The first kappa shape index (κ1) is 19.1. The summed E-state index contributed by atoms with van der Waals surface area (Å²) in [6.07, 6.45) is 1.59. The highest BCUT2D eigenvalue weighted by Gasteiger charge is 2.08. The van der Waals surface area contributed by atoms with Crippen molar-refractivity contribution in [1.29, 1.82) is 5.26 Å². The van der Waals surface area contributed by atoms with Crippen LogP contribution in [-0.4, -0.2) is 18.0 Å². The summed E-state index contributed by atoms with van der Waals surface area (Å²) in [5.41, 5.74) is 3.60. The molecule has 1 aromatic heterocycles. The number of oxazole rings is 1. The molecule has 0 bridgehead atoms. The summed E-state index contributed by atoms with van der Waals surface area (Å²) in [4.78, 5) is 8.58. The van der Waals surface area contributed by atoms with E-state index in [2.05, 4.69) is 20.6 Å². The molecule has 1 heterocycles. The molecular formula is C21H20FN5O. The van der Waals surface area contributed by atoms with Gasteiger partial charge in [0.1, 0.15) is 12.1 Å². The van der Waals surface area contributed by atoms with Crippen molar-refractivity contribution in [2.75, 3.05) is 7.05 Å². The Hall–Kier alpha value is -3.66. The van der Waals surface area contributed by atoms with Crippen molar-refractivity contribution in [2.24, 2.45) is 4.99 Å². The normalized spacial score (nSPS) is 11.1. The number of nitrogens with zero attached hydrogens (tertiary/aromatic N) is 3. The zero-order chi connectivity index (χ0) is 19.9. The van der Waals surface area contributed by atoms with Gasteiger partial charge in [-0.15, -0.1) is 0 Å². The van der Waals surface area contributed by atoms with Crippen molar-refractivity contribution < 1.29 is 8.81 Å². The van der Waals surface area contributed by atoms with Gasteiger partial charge in [-0.25, -0.2) is 9.37 Å². The van der Waals surface area contributed by atoms with Gasteiger partial charge in [-0.1, -0.05) is 17.7 Å². The number of nitriles is 1. The van der Waals surface area contributed by atoms with Crippen LogP contribution >= 0.6 is 0 Å². The third-order valence-corrected chi connectivity index (χ3v) is 4.13. The SMILES string of the molecule is CN=C(NCc1coc(-c2ccc(C)cc2)n1)NCc1cc(C#N)ccc1F. The number of hydrogen-bond acceptors (Lipinski definition) is 4. The molecule has 3 rings (SSSR count). The number of aryl methyl sites for hydroxylation is 1. The molecule has 0 aliphatic carbocycles. The van der Waals surface area contributed by atoms with Gasteiger partial charge < -0.3 is 15.1 Å². The Morgan fingerprint density at radius 2 is 1.93 bits per heavy atom. The molecule has 6 nitrogen and oxygen atoms in total. The Kier molecular flexibility index (Phi) is 6.02. The van der Waals surface area contributed by atoms with E-state index in [0.29, 0.717) is 29.5 Å². The predicted octanol–water partition coefficient (Wildman–Crippen LogP) is 3.53. The van der Waals surface area contributed by atoms with E-state index in [1.807, 2.05) is 37.3 Å². The average molecular weight is 377 g/mol. The molecule has 2 N–H and O–H groups in total. The second-order valence-electron chi connectivity index (χ2n) is 6.21. The van der Waals surface area contributed by atoms with Crippen LogP contribution in [0.4, 0.5) is 4.39 Å². The summed E-state index contributed by atoms with van der Waals surface area (Å²) in [6, 6.07) is 14.2. The van der Waals surface area contributed by atoms with Gasteiger partial charge in [0.25, 0.3) is 0 Å². The Morgan fingerprint density at radius 3 is 2.64 bits per heavy atom. The number of hydrogen-bond donors (Lipinski definition) is 2. The topological polar surface area (TPSA) is 86.2 Å². The van der Waals surface area contributed by atoms with Crippen molar-refractivity contribution >= 4 is 5.96 Å². The Labute approximate surface area is 162 Å². The van der Waals surface area contributed by atoms with Gasteiger partial charge in [0.05, 0.1) is 23.9 Å². The smallest absolute Gasteiger partial charge is 0.226 e. The molecule has 0 unspecified atom stereocenters. The van der Waals surface area contributed by atoms with E-state index in [1.54, 1.807) is 13.3 Å². The molecule has 2 aromatic carbocycles. The van der Waals surface area contributed by atoms with E-state index in [1.165, 1.54) is 23.8 Å². The number of benzene rings is 2. The van der Waals surface area contributed by atoms with E-state index >= 15 is 0 Å².